The first-order valence-electron chi connectivity index (χ1n) is 7.35. The molecule has 0 atom stereocenters. The van der Waals surface area contributed by atoms with Crippen molar-refractivity contribution in [2.45, 2.75) is 19.3 Å². The molecule has 0 aliphatic carbocycles. The Morgan fingerprint density at radius 1 is 1.26 bits per heavy atom. The van der Waals surface area contributed by atoms with Gasteiger partial charge in [-0.05, 0) is 17.7 Å². The Labute approximate surface area is 148 Å². The van der Waals surface area contributed by atoms with Crippen LogP contribution in [0.2, 0.25) is 5.02 Å². The van der Waals surface area contributed by atoms with Gasteiger partial charge in [-0.2, -0.15) is 4.98 Å². The summed E-state index contributed by atoms with van der Waals surface area (Å²) in [5.41, 5.74) is 7.71. The number of aromatic nitrogens is 2. The van der Waals surface area contributed by atoms with Crippen molar-refractivity contribution >= 4 is 45.1 Å². The predicted octanol–water partition coefficient (Wildman–Crippen LogP) is 3.23. The summed E-state index contributed by atoms with van der Waals surface area (Å²) < 4.78 is 0.939. The smallest absolute Gasteiger partial charge is 0.221 e. The molecule has 2 N–H and O–H groups in total. The Hall–Kier alpha value is -1.66. The van der Waals surface area contributed by atoms with E-state index in [9.17, 15) is 4.79 Å². The standard InChI is InChI=1S/C16H16BrClN4O/c17-12-2-1-10(14(18)8-12)7-11-9-20-16(19)21-15(11)22-5-3-13(23)4-6-22/h1-2,8-9H,3-7H2,(H2,19,20,21). The van der Waals surface area contributed by atoms with Crippen LogP contribution >= 0.6 is 27.5 Å². The van der Waals surface area contributed by atoms with E-state index in [-0.39, 0.29) is 5.95 Å². The molecule has 2 aromatic rings. The third kappa shape index (κ3) is 3.82. The Bertz CT molecular complexity index is 743. The number of carbonyl (C=O) groups excluding carboxylic acids is 1. The Morgan fingerprint density at radius 2 is 2.00 bits per heavy atom. The van der Waals surface area contributed by atoms with Crippen molar-refractivity contribution < 1.29 is 4.79 Å². The second-order valence-corrected chi connectivity index (χ2v) is 6.84. The molecule has 0 unspecified atom stereocenters. The lowest BCUT2D eigenvalue weighted by molar-refractivity contribution is -0.119. The van der Waals surface area contributed by atoms with Crippen molar-refractivity contribution in [1.82, 2.24) is 9.97 Å². The molecule has 5 nitrogen and oxygen atoms in total. The van der Waals surface area contributed by atoms with Crippen LogP contribution in [0.4, 0.5) is 11.8 Å². The van der Waals surface area contributed by atoms with E-state index in [0.29, 0.717) is 43.2 Å². The number of piperidine rings is 1. The van der Waals surface area contributed by atoms with Crippen LogP contribution in [0.1, 0.15) is 24.0 Å². The molecule has 0 spiro atoms. The summed E-state index contributed by atoms with van der Waals surface area (Å²) in [5.74, 6) is 1.33. The maximum absolute atomic E-state index is 11.5. The SMILES string of the molecule is Nc1ncc(Cc2ccc(Br)cc2Cl)c(N2CCC(=O)CC2)n1. The zero-order valence-electron chi connectivity index (χ0n) is 12.4. The number of rotatable bonds is 3. The quantitative estimate of drug-likeness (QED) is 0.864. The van der Waals surface area contributed by atoms with Gasteiger partial charge in [0.15, 0.2) is 0 Å². The van der Waals surface area contributed by atoms with E-state index in [1.807, 2.05) is 18.2 Å². The molecule has 2 heterocycles. The van der Waals surface area contributed by atoms with E-state index in [0.717, 1.165) is 21.4 Å². The summed E-state index contributed by atoms with van der Waals surface area (Å²) >= 11 is 9.72. The van der Waals surface area contributed by atoms with Gasteiger partial charge in [0.25, 0.3) is 0 Å². The number of hydrogen-bond donors (Lipinski definition) is 1. The highest BCUT2D eigenvalue weighted by Crippen LogP contribution is 2.28. The maximum Gasteiger partial charge on any atom is 0.221 e. The summed E-state index contributed by atoms with van der Waals surface area (Å²) in [6, 6.07) is 5.80. The van der Waals surface area contributed by atoms with Crippen LogP contribution in [-0.2, 0) is 11.2 Å². The fraction of sp³-hybridized carbons (Fsp3) is 0.312. The molecular formula is C16H16BrClN4O. The summed E-state index contributed by atoms with van der Waals surface area (Å²) in [7, 11) is 0. The van der Waals surface area contributed by atoms with Crippen molar-refractivity contribution in [3.63, 3.8) is 0 Å². The molecule has 1 aromatic carbocycles. The van der Waals surface area contributed by atoms with Crippen LogP contribution in [0.5, 0.6) is 0 Å². The van der Waals surface area contributed by atoms with Crippen LogP contribution in [-0.4, -0.2) is 28.8 Å². The van der Waals surface area contributed by atoms with E-state index in [2.05, 4.69) is 30.8 Å². The van der Waals surface area contributed by atoms with E-state index in [1.165, 1.54) is 0 Å². The van der Waals surface area contributed by atoms with Gasteiger partial charge in [0.2, 0.25) is 5.95 Å². The molecule has 1 aromatic heterocycles. The molecule has 7 heteroatoms. The molecule has 1 aliphatic heterocycles. The van der Waals surface area contributed by atoms with Gasteiger partial charge in [-0.15, -0.1) is 0 Å². The highest BCUT2D eigenvalue weighted by Gasteiger charge is 2.21. The lowest BCUT2D eigenvalue weighted by Crippen LogP contribution is -2.35. The van der Waals surface area contributed by atoms with Crippen molar-refractivity contribution in [1.29, 1.82) is 0 Å². The number of nitrogen functional groups attached to an aromatic ring is 1. The van der Waals surface area contributed by atoms with E-state index in [1.54, 1.807) is 6.20 Å². The number of ketones is 1. The minimum absolute atomic E-state index is 0.238. The first kappa shape index (κ1) is 16.2. The fourth-order valence-electron chi connectivity index (χ4n) is 2.65. The summed E-state index contributed by atoms with van der Waals surface area (Å²) in [5, 5.41) is 0.691. The monoisotopic (exact) mass is 394 g/mol. The predicted molar refractivity (Wildman–Crippen MR) is 94.9 cm³/mol. The Kier molecular flexibility index (Phi) is 4.82. The van der Waals surface area contributed by atoms with Gasteiger partial charge in [-0.25, -0.2) is 4.98 Å². The lowest BCUT2D eigenvalue weighted by Gasteiger charge is -2.28. The molecule has 0 amide bonds. The van der Waals surface area contributed by atoms with Gasteiger partial charge in [0, 0.05) is 53.6 Å². The van der Waals surface area contributed by atoms with Crippen molar-refractivity contribution in [3.05, 3.63) is 45.0 Å². The number of halogens is 2. The number of Topliss-reactive ketones (excluding diaryl/α,β-unsaturated/α-hetero) is 1. The van der Waals surface area contributed by atoms with Crippen LogP contribution in [0.15, 0.2) is 28.9 Å². The zero-order valence-corrected chi connectivity index (χ0v) is 14.8. The molecule has 0 radical (unpaired) electrons. The zero-order chi connectivity index (χ0) is 16.4. The molecule has 1 fully saturated rings. The number of benzene rings is 1. The van der Waals surface area contributed by atoms with Gasteiger partial charge in [0.05, 0.1) is 0 Å². The molecule has 0 bridgehead atoms. The molecule has 1 aliphatic rings. The van der Waals surface area contributed by atoms with E-state index in [4.69, 9.17) is 17.3 Å². The number of carbonyl (C=O) groups is 1. The first-order chi connectivity index (χ1) is 11.0. The van der Waals surface area contributed by atoms with Crippen molar-refractivity contribution in [2.75, 3.05) is 23.7 Å². The molecule has 23 heavy (non-hydrogen) atoms. The fourth-order valence-corrected chi connectivity index (χ4v) is 3.39. The van der Waals surface area contributed by atoms with Crippen LogP contribution in [0.3, 0.4) is 0 Å². The van der Waals surface area contributed by atoms with Crippen molar-refractivity contribution in [3.8, 4) is 0 Å². The molecule has 3 rings (SSSR count). The Balaban J connectivity index is 1.91. The lowest BCUT2D eigenvalue weighted by atomic mass is 10.0. The van der Waals surface area contributed by atoms with Crippen LogP contribution in [0.25, 0.3) is 0 Å². The van der Waals surface area contributed by atoms with Gasteiger partial charge in [-0.1, -0.05) is 33.6 Å². The van der Waals surface area contributed by atoms with E-state index >= 15 is 0 Å². The third-order valence-corrected chi connectivity index (χ3v) is 4.72. The first-order valence-corrected chi connectivity index (χ1v) is 8.52. The largest absolute Gasteiger partial charge is 0.368 e. The van der Waals surface area contributed by atoms with E-state index < -0.39 is 0 Å². The van der Waals surface area contributed by atoms with Gasteiger partial charge >= 0.3 is 0 Å². The minimum atomic E-state index is 0.238. The minimum Gasteiger partial charge on any atom is -0.368 e. The van der Waals surface area contributed by atoms with Crippen LogP contribution < -0.4 is 10.6 Å². The van der Waals surface area contributed by atoms with Crippen LogP contribution in [0, 0.1) is 0 Å². The third-order valence-electron chi connectivity index (χ3n) is 3.88. The Morgan fingerprint density at radius 3 is 2.70 bits per heavy atom. The average molecular weight is 396 g/mol. The number of anilines is 2. The number of hydrogen-bond acceptors (Lipinski definition) is 5. The molecular weight excluding hydrogens is 380 g/mol. The second kappa shape index (κ2) is 6.84. The number of nitrogens with zero attached hydrogens (tertiary/aromatic N) is 3. The molecule has 1 saturated heterocycles. The van der Waals surface area contributed by atoms with Gasteiger partial charge in [-0.3, -0.25) is 4.79 Å². The summed E-state index contributed by atoms with van der Waals surface area (Å²) in [6.07, 6.45) is 3.45. The second-order valence-electron chi connectivity index (χ2n) is 5.52. The van der Waals surface area contributed by atoms with Gasteiger partial charge < -0.3 is 10.6 Å². The average Bonchev–Trinajstić information content (AvgIpc) is 2.52. The molecule has 120 valence electrons. The normalized spacial score (nSPS) is 15.0. The highest BCUT2D eigenvalue weighted by atomic mass is 79.9. The number of nitrogens with two attached hydrogens (primary N) is 1. The van der Waals surface area contributed by atoms with Gasteiger partial charge in [0.1, 0.15) is 11.6 Å². The topological polar surface area (TPSA) is 72.1 Å². The maximum atomic E-state index is 11.5. The highest BCUT2D eigenvalue weighted by molar-refractivity contribution is 9.10. The summed E-state index contributed by atoms with van der Waals surface area (Å²) in [4.78, 5) is 22.1. The molecule has 0 saturated carbocycles. The van der Waals surface area contributed by atoms with Crippen molar-refractivity contribution in [2.24, 2.45) is 0 Å². The summed E-state index contributed by atoms with van der Waals surface area (Å²) in [6.45, 7) is 1.33.